The summed E-state index contributed by atoms with van der Waals surface area (Å²) in [5.41, 5.74) is 10.4. The third-order valence-corrected chi connectivity index (χ3v) is 0.876. The normalized spacial score (nSPS) is 12.2. The van der Waals surface area contributed by atoms with Gasteiger partial charge < -0.3 is 16.8 Å². The minimum Gasteiger partial charge on any atom is -0.395 e. The number of rotatable bonds is 3. The van der Waals surface area contributed by atoms with Crippen LogP contribution in [0.4, 0.5) is 0 Å². The van der Waals surface area contributed by atoms with Crippen molar-refractivity contribution in [3.05, 3.63) is 12.3 Å². The molecule has 5 N–H and O–H groups in total. The summed E-state index contributed by atoms with van der Waals surface area (Å²) in [5.74, 6) is -0.350. The fourth-order valence-corrected chi connectivity index (χ4v) is 0.367. The van der Waals surface area contributed by atoms with Crippen molar-refractivity contribution >= 4 is 5.91 Å². The van der Waals surface area contributed by atoms with Crippen molar-refractivity contribution in [3.8, 4) is 0 Å². The standard InChI is InChI=1S/C6H13N3O/c1-4(7)3-9-6(10)5(2)8/h4H,2-3,7-8H2,1H3,(H,9,10). The van der Waals surface area contributed by atoms with Crippen molar-refractivity contribution in [3.63, 3.8) is 0 Å². The molecule has 58 valence electrons. The first kappa shape index (κ1) is 8.97. The Hall–Kier alpha value is -1.03. The van der Waals surface area contributed by atoms with E-state index in [0.717, 1.165) is 0 Å². The first-order valence-corrected chi connectivity index (χ1v) is 3.02. The molecule has 10 heavy (non-hydrogen) atoms. The fourth-order valence-electron chi connectivity index (χ4n) is 0.367. The molecule has 0 radical (unpaired) electrons. The quantitative estimate of drug-likeness (QED) is 0.440. The first-order chi connectivity index (χ1) is 4.54. The first-order valence-electron chi connectivity index (χ1n) is 3.02. The van der Waals surface area contributed by atoms with E-state index in [-0.39, 0.29) is 17.6 Å². The van der Waals surface area contributed by atoms with Gasteiger partial charge >= 0.3 is 0 Å². The Bertz CT molecular complexity index is 142. The van der Waals surface area contributed by atoms with Crippen LogP contribution in [-0.4, -0.2) is 18.5 Å². The second kappa shape index (κ2) is 3.90. The van der Waals surface area contributed by atoms with Gasteiger partial charge in [-0.25, -0.2) is 0 Å². The summed E-state index contributed by atoms with van der Waals surface area (Å²) in [5, 5.41) is 2.49. The highest BCUT2D eigenvalue weighted by atomic mass is 16.1. The molecule has 4 nitrogen and oxygen atoms in total. The average molecular weight is 143 g/mol. The SMILES string of the molecule is C=C(N)C(=O)NCC(C)N. The van der Waals surface area contributed by atoms with E-state index in [2.05, 4.69) is 11.9 Å². The summed E-state index contributed by atoms with van der Waals surface area (Å²) in [6, 6.07) is -0.0525. The average Bonchev–Trinajstić information content (AvgIpc) is 1.82. The van der Waals surface area contributed by atoms with Crippen LogP contribution in [0.2, 0.25) is 0 Å². The van der Waals surface area contributed by atoms with Crippen molar-refractivity contribution in [1.82, 2.24) is 5.32 Å². The summed E-state index contributed by atoms with van der Waals surface area (Å²) < 4.78 is 0. The Labute approximate surface area is 60.3 Å². The molecule has 1 amide bonds. The molecular weight excluding hydrogens is 130 g/mol. The second-order valence-corrected chi connectivity index (χ2v) is 2.21. The molecule has 0 heterocycles. The van der Waals surface area contributed by atoms with Crippen molar-refractivity contribution in [1.29, 1.82) is 0 Å². The number of hydrogen-bond acceptors (Lipinski definition) is 3. The molecule has 0 aromatic rings. The molecule has 0 rings (SSSR count). The summed E-state index contributed by atoms with van der Waals surface area (Å²) in [4.78, 5) is 10.7. The number of nitrogens with two attached hydrogens (primary N) is 2. The van der Waals surface area contributed by atoms with Gasteiger partial charge in [-0.15, -0.1) is 0 Å². The lowest BCUT2D eigenvalue weighted by Crippen LogP contribution is -2.37. The van der Waals surface area contributed by atoms with Crippen LogP contribution in [0.15, 0.2) is 12.3 Å². The third-order valence-electron chi connectivity index (χ3n) is 0.876. The molecule has 0 fully saturated rings. The van der Waals surface area contributed by atoms with Gasteiger partial charge in [-0.3, -0.25) is 4.79 Å². The van der Waals surface area contributed by atoms with E-state index in [9.17, 15) is 4.79 Å². The molecule has 0 bridgehead atoms. The third kappa shape index (κ3) is 3.91. The Morgan fingerprint density at radius 1 is 1.80 bits per heavy atom. The molecule has 0 aliphatic carbocycles. The van der Waals surface area contributed by atoms with Crippen molar-refractivity contribution in [2.45, 2.75) is 13.0 Å². The molecule has 0 aliphatic heterocycles. The molecule has 0 saturated carbocycles. The van der Waals surface area contributed by atoms with E-state index in [4.69, 9.17) is 11.5 Å². The molecule has 1 unspecified atom stereocenters. The van der Waals surface area contributed by atoms with Gasteiger partial charge in [-0.1, -0.05) is 6.58 Å². The van der Waals surface area contributed by atoms with E-state index in [1.165, 1.54) is 0 Å². The lowest BCUT2D eigenvalue weighted by atomic mass is 10.3. The number of carbonyl (C=O) groups is 1. The molecule has 0 aliphatic rings. The lowest BCUT2D eigenvalue weighted by molar-refractivity contribution is -0.117. The zero-order valence-corrected chi connectivity index (χ0v) is 6.05. The maximum atomic E-state index is 10.7. The minimum atomic E-state index is -0.350. The van der Waals surface area contributed by atoms with Gasteiger partial charge in [0.25, 0.3) is 5.91 Å². The van der Waals surface area contributed by atoms with Crippen LogP contribution in [0, 0.1) is 0 Å². The van der Waals surface area contributed by atoms with Gasteiger partial charge in [-0.2, -0.15) is 0 Å². The molecule has 0 aromatic heterocycles. The number of nitrogens with one attached hydrogen (secondary N) is 1. The molecular formula is C6H13N3O. The predicted octanol–water partition coefficient (Wildman–Crippen LogP) is -1.08. The molecule has 4 heteroatoms. The van der Waals surface area contributed by atoms with Crippen LogP contribution in [0.25, 0.3) is 0 Å². The van der Waals surface area contributed by atoms with Crippen molar-refractivity contribution in [2.75, 3.05) is 6.54 Å². The second-order valence-electron chi connectivity index (χ2n) is 2.21. The summed E-state index contributed by atoms with van der Waals surface area (Å²) in [7, 11) is 0. The molecule has 1 atom stereocenters. The minimum absolute atomic E-state index is 0.0145. The van der Waals surface area contributed by atoms with Gasteiger partial charge in [0.1, 0.15) is 0 Å². The summed E-state index contributed by atoms with van der Waals surface area (Å²) in [6.07, 6.45) is 0. The van der Waals surface area contributed by atoms with Gasteiger partial charge in [0, 0.05) is 12.6 Å². The number of carbonyl (C=O) groups excluding carboxylic acids is 1. The summed E-state index contributed by atoms with van der Waals surface area (Å²) >= 11 is 0. The van der Waals surface area contributed by atoms with Crippen LogP contribution < -0.4 is 16.8 Å². The van der Waals surface area contributed by atoms with Gasteiger partial charge in [-0.05, 0) is 6.92 Å². The van der Waals surface area contributed by atoms with E-state index in [1.54, 1.807) is 6.92 Å². The van der Waals surface area contributed by atoms with Crippen LogP contribution in [-0.2, 0) is 4.79 Å². The molecule has 0 aromatic carbocycles. The van der Waals surface area contributed by atoms with E-state index in [1.807, 2.05) is 0 Å². The maximum absolute atomic E-state index is 10.7. The monoisotopic (exact) mass is 143 g/mol. The van der Waals surface area contributed by atoms with Crippen LogP contribution >= 0.6 is 0 Å². The van der Waals surface area contributed by atoms with Gasteiger partial charge in [0.15, 0.2) is 0 Å². The van der Waals surface area contributed by atoms with E-state index in [0.29, 0.717) is 6.54 Å². The van der Waals surface area contributed by atoms with E-state index < -0.39 is 0 Å². The number of hydrogen-bond donors (Lipinski definition) is 3. The highest BCUT2D eigenvalue weighted by molar-refractivity contribution is 5.91. The maximum Gasteiger partial charge on any atom is 0.266 e. The van der Waals surface area contributed by atoms with Crippen LogP contribution in [0.5, 0.6) is 0 Å². The Morgan fingerprint density at radius 3 is 2.60 bits per heavy atom. The molecule has 0 saturated heterocycles. The van der Waals surface area contributed by atoms with Gasteiger partial charge in [0.2, 0.25) is 0 Å². The Morgan fingerprint density at radius 2 is 2.30 bits per heavy atom. The topological polar surface area (TPSA) is 81.1 Å². The van der Waals surface area contributed by atoms with Crippen LogP contribution in [0.3, 0.4) is 0 Å². The van der Waals surface area contributed by atoms with Crippen molar-refractivity contribution in [2.24, 2.45) is 11.5 Å². The zero-order chi connectivity index (χ0) is 8.15. The van der Waals surface area contributed by atoms with Gasteiger partial charge in [0.05, 0.1) is 5.70 Å². The Balaban J connectivity index is 3.50. The largest absolute Gasteiger partial charge is 0.395 e. The Kier molecular flexibility index (Phi) is 3.49. The summed E-state index contributed by atoms with van der Waals surface area (Å²) in [6.45, 7) is 5.47. The smallest absolute Gasteiger partial charge is 0.266 e. The highest BCUT2D eigenvalue weighted by Crippen LogP contribution is 1.77. The fraction of sp³-hybridized carbons (Fsp3) is 0.500. The predicted molar refractivity (Wildman–Crippen MR) is 40.0 cm³/mol. The van der Waals surface area contributed by atoms with Crippen LogP contribution in [0.1, 0.15) is 6.92 Å². The molecule has 0 spiro atoms. The van der Waals surface area contributed by atoms with E-state index >= 15 is 0 Å². The number of amides is 1. The zero-order valence-electron chi connectivity index (χ0n) is 6.05. The highest BCUT2D eigenvalue weighted by Gasteiger charge is 2.01. The lowest BCUT2D eigenvalue weighted by Gasteiger charge is -2.06. The van der Waals surface area contributed by atoms with Crippen molar-refractivity contribution < 1.29 is 4.79 Å².